The van der Waals surface area contributed by atoms with Crippen molar-refractivity contribution in [2.24, 2.45) is 5.41 Å². The lowest BCUT2D eigenvalue weighted by Gasteiger charge is -2.14. The number of carbonyl (C=O) groups is 2. The predicted molar refractivity (Wildman–Crippen MR) is 45.7 cm³/mol. The van der Waals surface area contributed by atoms with Crippen LogP contribution in [0.4, 0.5) is 0 Å². The molecule has 0 aromatic rings. The molecule has 0 radical (unpaired) electrons. The van der Waals surface area contributed by atoms with Gasteiger partial charge in [0.1, 0.15) is 6.54 Å². The molecule has 0 fully saturated rings. The van der Waals surface area contributed by atoms with E-state index in [-0.39, 0.29) is 17.6 Å². The van der Waals surface area contributed by atoms with Crippen molar-refractivity contribution in [1.29, 1.82) is 0 Å². The van der Waals surface area contributed by atoms with Crippen molar-refractivity contribution in [3.8, 4) is 0 Å². The zero-order chi connectivity index (χ0) is 10.5. The van der Waals surface area contributed by atoms with Gasteiger partial charge in [0.2, 0.25) is 0 Å². The largest absolute Gasteiger partial charge is 0.550 e. The van der Waals surface area contributed by atoms with E-state index in [1.807, 2.05) is 20.8 Å². The first kappa shape index (κ1) is 12.1. The lowest BCUT2D eigenvalue weighted by atomic mass is 9.91. The summed E-state index contributed by atoms with van der Waals surface area (Å²) in [5.41, 5.74) is -0.335. The Morgan fingerprint density at radius 2 is 1.85 bits per heavy atom. The Bertz CT molecular complexity index is 194. The Hall–Kier alpha value is -0.900. The molecule has 0 bridgehead atoms. The Balaban J connectivity index is 3.55. The van der Waals surface area contributed by atoms with Crippen LogP contribution in [-0.2, 0) is 9.59 Å². The summed E-state index contributed by atoms with van der Waals surface area (Å²) in [6.45, 7) is 6.30. The average molecular weight is 187 g/mol. The molecule has 4 heteroatoms. The number of hydrogen-bond acceptors (Lipinski definition) is 3. The van der Waals surface area contributed by atoms with Crippen LogP contribution in [0.5, 0.6) is 0 Å². The number of ketones is 1. The molecule has 0 aromatic carbocycles. The lowest BCUT2D eigenvalue weighted by Crippen LogP contribution is -2.86. The van der Waals surface area contributed by atoms with Crippen molar-refractivity contribution >= 4 is 11.8 Å². The maximum Gasteiger partial charge on any atom is 0.191 e. The molecule has 4 nitrogen and oxygen atoms in total. The summed E-state index contributed by atoms with van der Waals surface area (Å²) < 4.78 is 0. The van der Waals surface area contributed by atoms with Crippen LogP contribution in [0, 0.1) is 5.41 Å². The number of rotatable bonds is 5. The molecule has 0 saturated carbocycles. The van der Waals surface area contributed by atoms with Crippen molar-refractivity contribution in [3.63, 3.8) is 0 Å². The third kappa shape index (κ3) is 6.28. The Morgan fingerprint density at radius 3 is 2.23 bits per heavy atom. The van der Waals surface area contributed by atoms with Crippen molar-refractivity contribution < 1.29 is 20.0 Å². The minimum Gasteiger partial charge on any atom is -0.550 e. The highest BCUT2D eigenvalue weighted by Crippen LogP contribution is 2.12. The molecule has 0 aliphatic carbocycles. The van der Waals surface area contributed by atoms with Gasteiger partial charge in [-0.3, -0.25) is 4.79 Å². The number of quaternary nitrogens is 1. The number of carboxylic acid groups (broad SMARTS) is 1. The molecule has 0 amide bonds. The van der Waals surface area contributed by atoms with E-state index < -0.39 is 5.97 Å². The summed E-state index contributed by atoms with van der Waals surface area (Å²) in [4.78, 5) is 21.3. The predicted octanol–water partition coefficient (Wildman–Crippen LogP) is -1.69. The smallest absolute Gasteiger partial charge is 0.191 e. The highest BCUT2D eigenvalue weighted by Gasteiger charge is 2.21. The Morgan fingerprint density at radius 1 is 1.31 bits per heavy atom. The molecule has 0 aromatic heterocycles. The Kier molecular flexibility index (Phi) is 4.62. The molecule has 0 saturated heterocycles. The van der Waals surface area contributed by atoms with Crippen molar-refractivity contribution in [2.45, 2.75) is 27.2 Å². The van der Waals surface area contributed by atoms with E-state index >= 15 is 0 Å². The third-order valence-electron chi connectivity index (χ3n) is 1.72. The monoisotopic (exact) mass is 187 g/mol. The zero-order valence-electron chi connectivity index (χ0n) is 8.42. The molecular weight excluding hydrogens is 170 g/mol. The van der Waals surface area contributed by atoms with Crippen LogP contribution in [0.1, 0.15) is 27.2 Å². The van der Waals surface area contributed by atoms with Gasteiger partial charge in [0.25, 0.3) is 0 Å². The van der Waals surface area contributed by atoms with Crippen LogP contribution in [0.2, 0.25) is 0 Å². The fourth-order valence-corrected chi connectivity index (χ4v) is 0.759. The maximum atomic E-state index is 11.3. The second-order valence-corrected chi connectivity index (χ2v) is 4.08. The summed E-state index contributed by atoms with van der Waals surface area (Å²) >= 11 is 0. The van der Waals surface area contributed by atoms with Crippen LogP contribution in [0.25, 0.3) is 0 Å². The van der Waals surface area contributed by atoms with E-state index in [0.717, 1.165) is 0 Å². The summed E-state index contributed by atoms with van der Waals surface area (Å²) in [6, 6.07) is 0. The first-order chi connectivity index (χ1) is 5.84. The fourth-order valence-electron chi connectivity index (χ4n) is 0.759. The third-order valence-corrected chi connectivity index (χ3v) is 1.72. The van der Waals surface area contributed by atoms with Gasteiger partial charge in [0, 0.05) is 17.8 Å². The normalized spacial score (nSPS) is 11.3. The summed E-state index contributed by atoms with van der Waals surface area (Å²) in [5.74, 6) is -0.940. The van der Waals surface area contributed by atoms with E-state index in [1.54, 1.807) is 5.32 Å². The summed E-state index contributed by atoms with van der Waals surface area (Å²) in [5, 5.41) is 11.7. The van der Waals surface area contributed by atoms with E-state index in [4.69, 9.17) is 0 Å². The molecule has 0 aliphatic rings. The molecule has 0 atom stereocenters. The van der Waals surface area contributed by atoms with Crippen LogP contribution in [-0.4, -0.2) is 24.8 Å². The average Bonchev–Trinajstić information content (AvgIpc) is 1.95. The molecule has 13 heavy (non-hydrogen) atoms. The number of carboxylic acids is 1. The second-order valence-electron chi connectivity index (χ2n) is 4.08. The Labute approximate surface area is 78.3 Å². The van der Waals surface area contributed by atoms with Gasteiger partial charge in [-0.25, -0.2) is 0 Å². The zero-order valence-corrected chi connectivity index (χ0v) is 8.42. The lowest BCUT2D eigenvalue weighted by molar-refractivity contribution is -0.643. The standard InChI is InChI=1S/C9H17NO3/c1-9(2,3)7(11)6-10-5-4-8(12)13/h10H,4-6H2,1-3H3,(H,12,13). The van der Waals surface area contributed by atoms with Gasteiger partial charge >= 0.3 is 0 Å². The molecular formula is C9H17NO3. The van der Waals surface area contributed by atoms with Crippen molar-refractivity contribution in [2.75, 3.05) is 13.1 Å². The SMILES string of the molecule is CC(C)(C)C(=O)C[NH2+]CCC(=O)[O-]. The summed E-state index contributed by atoms with van der Waals surface area (Å²) in [6.07, 6.45) is -0.00256. The van der Waals surface area contributed by atoms with Gasteiger partial charge in [-0.2, -0.15) is 0 Å². The van der Waals surface area contributed by atoms with Gasteiger partial charge in [-0.15, -0.1) is 0 Å². The topological polar surface area (TPSA) is 73.8 Å². The fraction of sp³-hybridized carbons (Fsp3) is 0.778. The first-order valence-electron chi connectivity index (χ1n) is 4.39. The van der Waals surface area contributed by atoms with Crippen LogP contribution >= 0.6 is 0 Å². The van der Waals surface area contributed by atoms with Crippen LogP contribution < -0.4 is 10.4 Å². The number of aliphatic carboxylic acids is 1. The number of nitrogens with two attached hydrogens (primary N) is 1. The minimum atomic E-state index is -1.07. The number of carbonyl (C=O) groups excluding carboxylic acids is 2. The molecule has 0 heterocycles. The second kappa shape index (κ2) is 4.97. The van der Waals surface area contributed by atoms with Gasteiger partial charge in [0.05, 0.1) is 6.54 Å². The molecule has 2 N–H and O–H groups in total. The quantitative estimate of drug-likeness (QED) is 0.522. The van der Waals surface area contributed by atoms with Crippen LogP contribution in [0.3, 0.4) is 0 Å². The van der Waals surface area contributed by atoms with Crippen molar-refractivity contribution in [3.05, 3.63) is 0 Å². The van der Waals surface area contributed by atoms with Crippen molar-refractivity contribution in [1.82, 2.24) is 0 Å². The van der Waals surface area contributed by atoms with E-state index in [2.05, 4.69) is 0 Å². The number of hydrogen-bond donors (Lipinski definition) is 1. The van der Waals surface area contributed by atoms with Gasteiger partial charge in [-0.1, -0.05) is 20.8 Å². The van der Waals surface area contributed by atoms with E-state index in [1.165, 1.54) is 0 Å². The maximum absolute atomic E-state index is 11.3. The molecule has 76 valence electrons. The highest BCUT2D eigenvalue weighted by molar-refractivity contribution is 5.84. The molecule has 0 unspecified atom stereocenters. The highest BCUT2D eigenvalue weighted by atomic mass is 16.4. The minimum absolute atomic E-state index is 0.00256. The van der Waals surface area contributed by atoms with E-state index in [0.29, 0.717) is 13.1 Å². The molecule has 0 spiro atoms. The molecule has 0 rings (SSSR count). The summed E-state index contributed by atoms with van der Waals surface area (Å²) in [7, 11) is 0. The van der Waals surface area contributed by atoms with Gasteiger partial charge in [0.15, 0.2) is 5.78 Å². The van der Waals surface area contributed by atoms with Gasteiger partial charge < -0.3 is 15.2 Å². The molecule has 0 aliphatic heterocycles. The number of Topliss-reactive ketones (excluding diaryl/α,β-unsaturated/α-hetero) is 1. The van der Waals surface area contributed by atoms with E-state index in [9.17, 15) is 14.7 Å². The first-order valence-corrected chi connectivity index (χ1v) is 4.39. The van der Waals surface area contributed by atoms with Crippen LogP contribution in [0.15, 0.2) is 0 Å². The van der Waals surface area contributed by atoms with Gasteiger partial charge in [-0.05, 0) is 0 Å².